The second kappa shape index (κ2) is 6.17. The lowest BCUT2D eigenvalue weighted by molar-refractivity contribution is 0.330. The number of hydrogen-bond donors (Lipinski definition) is 1. The van der Waals surface area contributed by atoms with Crippen LogP contribution >= 0.6 is 0 Å². The van der Waals surface area contributed by atoms with Gasteiger partial charge in [0.1, 0.15) is 5.75 Å². The zero-order valence-electron chi connectivity index (χ0n) is 10.6. The summed E-state index contributed by atoms with van der Waals surface area (Å²) >= 11 is 0. The molecule has 0 saturated heterocycles. The summed E-state index contributed by atoms with van der Waals surface area (Å²) < 4.78 is 0. The van der Waals surface area contributed by atoms with Crippen molar-refractivity contribution >= 4 is 0 Å². The van der Waals surface area contributed by atoms with Gasteiger partial charge in [0.2, 0.25) is 0 Å². The lowest BCUT2D eigenvalue weighted by atomic mass is 10.2. The molecule has 0 bridgehead atoms. The normalized spacial score (nSPS) is 10.8. The Bertz CT molecular complexity index is 468. The molecule has 3 heteroatoms. The van der Waals surface area contributed by atoms with Gasteiger partial charge < -0.3 is 10.0 Å². The van der Waals surface area contributed by atoms with E-state index in [1.807, 2.05) is 36.5 Å². The molecule has 0 fully saturated rings. The zero-order valence-corrected chi connectivity index (χ0v) is 10.6. The molecule has 0 unspecified atom stereocenters. The summed E-state index contributed by atoms with van der Waals surface area (Å²) in [5.41, 5.74) is 2.33. The molecular formula is C15H18N2O. The molecule has 1 aromatic heterocycles. The Kier molecular flexibility index (Phi) is 4.31. The van der Waals surface area contributed by atoms with Crippen molar-refractivity contribution < 1.29 is 5.11 Å². The van der Waals surface area contributed by atoms with Gasteiger partial charge in [0.05, 0.1) is 0 Å². The van der Waals surface area contributed by atoms with E-state index in [1.54, 1.807) is 12.1 Å². The van der Waals surface area contributed by atoms with Gasteiger partial charge in [-0.05, 0) is 36.9 Å². The van der Waals surface area contributed by atoms with E-state index in [-0.39, 0.29) is 0 Å². The summed E-state index contributed by atoms with van der Waals surface area (Å²) in [5.74, 6) is 0.315. The van der Waals surface area contributed by atoms with Crippen molar-refractivity contribution in [2.24, 2.45) is 0 Å². The molecule has 0 aliphatic rings. The van der Waals surface area contributed by atoms with Crippen LogP contribution in [0.25, 0.3) is 0 Å². The van der Waals surface area contributed by atoms with Crippen LogP contribution < -0.4 is 0 Å². The van der Waals surface area contributed by atoms with E-state index >= 15 is 0 Å². The number of hydrogen-bond acceptors (Lipinski definition) is 3. The quantitative estimate of drug-likeness (QED) is 0.875. The first-order valence-corrected chi connectivity index (χ1v) is 6.10. The van der Waals surface area contributed by atoms with Gasteiger partial charge >= 0.3 is 0 Å². The minimum absolute atomic E-state index is 0.315. The molecule has 1 N–H and O–H groups in total. The molecule has 0 aliphatic carbocycles. The van der Waals surface area contributed by atoms with Crippen molar-refractivity contribution in [2.75, 3.05) is 13.6 Å². The highest BCUT2D eigenvalue weighted by molar-refractivity contribution is 5.25. The molecule has 18 heavy (non-hydrogen) atoms. The molecule has 1 heterocycles. The highest BCUT2D eigenvalue weighted by atomic mass is 16.3. The molecular weight excluding hydrogens is 224 g/mol. The van der Waals surface area contributed by atoms with Crippen molar-refractivity contribution in [3.05, 3.63) is 59.9 Å². The summed E-state index contributed by atoms with van der Waals surface area (Å²) in [5, 5.41) is 9.22. The second-order valence-electron chi connectivity index (χ2n) is 4.48. The van der Waals surface area contributed by atoms with Crippen molar-refractivity contribution in [1.29, 1.82) is 0 Å². The van der Waals surface area contributed by atoms with Gasteiger partial charge in [0.25, 0.3) is 0 Å². The number of benzene rings is 1. The standard InChI is InChI=1S/C15H18N2O/c1-17(11-9-14-4-2-3-10-16-14)12-13-5-7-15(18)8-6-13/h2-8,10,18H,9,11-12H2,1H3. The first-order chi connectivity index (χ1) is 8.74. The van der Waals surface area contributed by atoms with Crippen molar-refractivity contribution in [3.63, 3.8) is 0 Å². The fraction of sp³-hybridized carbons (Fsp3) is 0.267. The lowest BCUT2D eigenvalue weighted by Gasteiger charge is -2.16. The molecule has 0 spiro atoms. The highest BCUT2D eigenvalue weighted by Crippen LogP contribution is 2.11. The Balaban J connectivity index is 1.82. The van der Waals surface area contributed by atoms with E-state index in [2.05, 4.69) is 16.9 Å². The maximum Gasteiger partial charge on any atom is 0.115 e. The number of nitrogens with zero attached hydrogens (tertiary/aromatic N) is 2. The van der Waals surface area contributed by atoms with Crippen LogP contribution in [0, 0.1) is 0 Å². The van der Waals surface area contributed by atoms with Gasteiger partial charge in [-0.15, -0.1) is 0 Å². The number of phenolic OH excluding ortho intramolecular Hbond substituents is 1. The van der Waals surface area contributed by atoms with Gasteiger partial charge in [-0.1, -0.05) is 18.2 Å². The minimum atomic E-state index is 0.315. The topological polar surface area (TPSA) is 36.4 Å². The number of likely N-dealkylation sites (N-methyl/N-ethyl adjacent to an activating group) is 1. The number of aromatic hydroxyl groups is 1. The Hall–Kier alpha value is -1.87. The number of rotatable bonds is 5. The zero-order chi connectivity index (χ0) is 12.8. The average Bonchev–Trinajstić information content (AvgIpc) is 2.40. The van der Waals surface area contributed by atoms with Gasteiger partial charge in [0, 0.05) is 31.4 Å². The Morgan fingerprint density at radius 2 is 1.89 bits per heavy atom. The van der Waals surface area contributed by atoms with Crippen LogP contribution in [-0.4, -0.2) is 28.6 Å². The van der Waals surface area contributed by atoms with Gasteiger partial charge in [0.15, 0.2) is 0 Å². The first-order valence-electron chi connectivity index (χ1n) is 6.10. The molecule has 1 aromatic carbocycles. The lowest BCUT2D eigenvalue weighted by Crippen LogP contribution is -2.20. The van der Waals surface area contributed by atoms with E-state index in [0.29, 0.717) is 5.75 Å². The predicted molar refractivity (Wildman–Crippen MR) is 72.4 cm³/mol. The Morgan fingerprint density at radius 3 is 2.56 bits per heavy atom. The van der Waals surface area contributed by atoms with Crippen LogP contribution in [0.1, 0.15) is 11.3 Å². The smallest absolute Gasteiger partial charge is 0.115 e. The highest BCUT2D eigenvalue weighted by Gasteiger charge is 2.01. The van der Waals surface area contributed by atoms with E-state index in [4.69, 9.17) is 0 Å². The molecule has 3 nitrogen and oxygen atoms in total. The van der Waals surface area contributed by atoms with Crippen LogP contribution in [0.15, 0.2) is 48.7 Å². The Morgan fingerprint density at radius 1 is 1.11 bits per heavy atom. The summed E-state index contributed by atoms with van der Waals surface area (Å²) in [6.07, 6.45) is 2.78. The van der Waals surface area contributed by atoms with Crippen LogP contribution in [0.2, 0.25) is 0 Å². The SMILES string of the molecule is CN(CCc1ccccn1)Cc1ccc(O)cc1. The third kappa shape index (κ3) is 3.86. The van der Waals surface area contributed by atoms with Gasteiger partial charge in [-0.25, -0.2) is 0 Å². The fourth-order valence-electron chi connectivity index (χ4n) is 1.84. The largest absolute Gasteiger partial charge is 0.508 e. The second-order valence-corrected chi connectivity index (χ2v) is 4.48. The van der Waals surface area contributed by atoms with E-state index < -0.39 is 0 Å². The van der Waals surface area contributed by atoms with Crippen LogP contribution in [0.4, 0.5) is 0 Å². The summed E-state index contributed by atoms with van der Waals surface area (Å²) in [4.78, 5) is 6.56. The Labute approximate surface area is 108 Å². The average molecular weight is 242 g/mol. The molecule has 0 atom stereocenters. The molecule has 0 amide bonds. The van der Waals surface area contributed by atoms with Crippen molar-refractivity contribution in [2.45, 2.75) is 13.0 Å². The predicted octanol–water partition coefficient (Wildman–Crippen LogP) is 2.46. The van der Waals surface area contributed by atoms with E-state index in [9.17, 15) is 5.11 Å². The van der Waals surface area contributed by atoms with Crippen LogP contribution in [0.5, 0.6) is 5.75 Å². The maximum atomic E-state index is 9.22. The van der Waals surface area contributed by atoms with Gasteiger partial charge in [-0.2, -0.15) is 0 Å². The first kappa shape index (κ1) is 12.6. The van der Waals surface area contributed by atoms with Crippen LogP contribution in [-0.2, 0) is 13.0 Å². The van der Waals surface area contributed by atoms with E-state index in [1.165, 1.54) is 5.56 Å². The molecule has 2 aromatic rings. The fourth-order valence-corrected chi connectivity index (χ4v) is 1.84. The van der Waals surface area contributed by atoms with Crippen molar-refractivity contribution in [1.82, 2.24) is 9.88 Å². The van der Waals surface area contributed by atoms with Crippen LogP contribution in [0.3, 0.4) is 0 Å². The van der Waals surface area contributed by atoms with Gasteiger partial charge in [-0.3, -0.25) is 4.98 Å². The maximum absolute atomic E-state index is 9.22. The number of phenols is 1. The third-order valence-electron chi connectivity index (χ3n) is 2.86. The molecule has 2 rings (SSSR count). The monoisotopic (exact) mass is 242 g/mol. The number of pyridine rings is 1. The minimum Gasteiger partial charge on any atom is -0.508 e. The summed E-state index contributed by atoms with van der Waals surface area (Å²) in [6, 6.07) is 13.4. The molecule has 0 saturated carbocycles. The van der Waals surface area contributed by atoms with E-state index in [0.717, 1.165) is 25.2 Å². The summed E-state index contributed by atoms with van der Waals surface area (Å²) in [6.45, 7) is 1.85. The summed E-state index contributed by atoms with van der Waals surface area (Å²) in [7, 11) is 2.09. The molecule has 94 valence electrons. The third-order valence-corrected chi connectivity index (χ3v) is 2.86. The number of aromatic nitrogens is 1. The van der Waals surface area contributed by atoms with Crippen molar-refractivity contribution in [3.8, 4) is 5.75 Å². The molecule has 0 aliphatic heterocycles. The molecule has 0 radical (unpaired) electrons.